The maximum atomic E-state index is 15.1. The highest BCUT2D eigenvalue weighted by molar-refractivity contribution is 5.91. The molecule has 3 heterocycles. The highest BCUT2D eigenvalue weighted by Gasteiger charge is 2.52. The summed E-state index contributed by atoms with van der Waals surface area (Å²) in [4.78, 5) is 42.2. The van der Waals surface area contributed by atoms with Crippen LogP contribution < -0.4 is 21.3 Å². The first-order valence-electron chi connectivity index (χ1n) is 13.4. The topological polar surface area (TPSA) is 117 Å². The molecule has 3 saturated heterocycles. The van der Waals surface area contributed by atoms with Crippen LogP contribution in [-0.4, -0.2) is 72.2 Å². The first-order chi connectivity index (χ1) is 17.5. The number of anilines is 1. The summed E-state index contributed by atoms with van der Waals surface area (Å²) in [5, 5.41) is 6.21. The van der Waals surface area contributed by atoms with Gasteiger partial charge in [0.2, 0.25) is 11.8 Å². The van der Waals surface area contributed by atoms with Crippen LogP contribution in [0, 0.1) is 17.7 Å². The van der Waals surface area contributed by atoms with Crippen LogP contribution in [0.4, 0.5) is 14.9 Å². The van der Waals surface area contributed by atoms with E-state index in [0.29, 0.717) is 17.5 Å². The number of carbonyl (C=O) groups is 3. The summed E-state index contributed by atoms with van der Waals surface area (Å²) in [6.45, 7) is 8.13. The predicted molar refractivity (Wildman–Crippen MR) is 136 cm³/mol. The van der Waals surface area contributed by atoms with Gasteiger partial charge in [-0.05, 0) is 82.5 Å². The lowest BCUT2D eigenvalue weighted by atomic mass is 9.97. The Kier molecular flexibility index (Phi) is 6.81. The molecule has 1 saturated carbocycles. The molecule has 1 aliphatic carbocycles. The van der Waals surface area contributed by atoms with Crippen LogP contribution in [0.2, 0.25) is 0 Å². The van der Waals surface area contributed by atoms with Crippen molar-refractivity contribution in [3.8, 4) is 0 Å². The number of hydrogen-bond acceptors (Lipinski definition) is 6. The largest absolute Gasteiger partial charge is 0.444 e. The van der Waals surface area contributed by atoms with E-state index in [1.807, 2.05) is 6.07 Å². The van der Waals surface area contributed by atoms with E-state index in [0.717, 1.165) is 51.0 Å². The van der Waals surface area contributed by atoms with E-state index >= 15 is 4.39 Å². The molecule has 3 aliphatic heterocycles. The number of hydrogen-bond donors (Lipinski definition) is 3. The molecule has 1 aromatic rings. The molecular weight excluding hydrogens is 477 g/mol. The van der Waals surface area contributed by atoms with Crippen molar-refractivity contribution in [3.05, 3.63) is 29.6 Å². The van der Waals surface area contributed by atoms with Gasteiger partial charge < -0.3 is 26.0 Å². The maximum absolute atomic E-state index is 15.1. The van der Waals surface area contributed by atoms with Crippen molar-refractivity contribution in [2.45, 2.75) is 82.6 Å². The van der Waals surface area contributed by atoms with Crippen molar-refractivity contribution in [2.24, 2.45) is 17.6 Å². The summed E-state index contributed by atoms with van der Waals surface area (Å²) in [7, 11) is 0. The number of nitrogens with two attached hydrogens (primary N) is 1. The Labute approximate surface area is 217 Å². The van der Waals surface area contributed by atoms with Crippen LogP contribution in [0.25, 0.3) is 0 Å². The highest BCUT2D eigenvalue weighted by atomic mass is 19.1. The van der Waals surface area contributed by atoms with Crippen molar-refractivity contribution < 1.29 is 23.5 Å². The Bertz CT molecular complexity index is 1060. The number of carbonyl (C=O) groups excluding carboxylic acids is 3. The lowest BCUT2D eigenvalue weighted by molar-refractivity contribution is -0.132. The van der Waals surface area contributed by atoms with E-state index in [1.54, 1.807) is 26.8 Å². The predicted octanol–water partition coefficient (Wildman–Crippen LogP) is 1.92. The van der Waals surface area contributed by atoms with Crippen LogP contribution in [0.3, 0.4) is 0 Å². The van der Waals surface area contributed by atoms with Crippen molar-refractivity contribution in [1.29, 1.82) is 0 Å². The molecule has 37 heavy (non-hydrogen) atoms. The Balaban J connectivity index is 1.26. The number of nitrogens with one attached hydrogen (secondary N) is 2. The van der Waals surface area contributed by atoms with Gasteiger partial charge in [-0.25, -0.2) is 9.18 Å². The number of nitrogens with zero attached hydrogens (tertiary/aromatic N) is 2. The fraction of sp³-hybridized carbons (Fsp3) is 0.667. The lowest BCUT2D eigenvalue weighted by Gasteiger charge is -2.36. The van der Waals surface area contributed by atoms with E-state index in [2.05, 4.69) is 15.5 Å². The summed E-state index contributed by atoms with van der Waals surface area (Å²) in [6.07, 6.45) is 2.91. The number of ether oxygens (including phenoxy) is 1. The molecule has 202 valence electrons. The zero-order valence-corrected chi connectivity index (χ0v) is 21.8. The number of benzene rings is 1. The van der Waals surface area contributed by atoms with Crippen molar-refractivity contribution in [3.63, 3.8) is 0 Å². The zero-order chi connectivity index (χ0) is 26.5. The molecular formula is C27H38FN5O4. The minimum atomic E-state index is -1.09. The van der Waals surface area contributed by atoms with E-state index in [4.69, 9.17) is 10.5 Å². The first-order valence-corrected chi connectivity index (χ1v) is 13.4. The van der Waals surface area contributed by atoms with Crippen LogP contribution >= 0.6 is 0 Å². The van der Waals surface area contributed by atoms with Gasteiger partial charge in [0, 0.05) is 37.3 Å². The summed E-state index contributed by atoms with van der Waals surface area (Å²) in [6, 6.07) is 3.58. The lowest BCUT2D eigenvalue weighted by Crippen LogP contribution is -2.57. The fourth-order valence-corrected chi connectivity index (χ4v) is 6.56. The third-order valence-corrected chi connectivity index (χ3v) is 8.31. The molecule has 5 rings (SSSR count). The van der Waals surface area contributed by atoms with Gasteiger partial charge in [-0.2, -0.15) is 0 Å². The van der Waals surface area contributed by atoms with Gasteiger partial charge in [-0.15, -0.1) is 0 Å². The average molecular weight is 516 g/mol. The Morgan fingerprint density at radius 2 is 1.97 bits per heavy atom. The number of halogens is 1. The minimum absolute atomic E-state index is 0.00323. The number of piperidine rings is 1. The third kappa shape index (κ3) is 5.26. The average Bonchev–Trinajstić information content (AvgIpc) is 3.58. The van der Waals surface area contributed by atoms with Crippen molar-refractivity contribution in [1.82, 2.24) is 15.5 Å². The normalized spacial score (nSPS) is 29.4. The monoisotopic (exact) mass is 515 g/mol. The van der Waals surface area contributed by atoms with Gasteiger partial charge in [-0.1, -0.05) is 6.07 Å². The zero-order valence-electron chi connectivity index (χ0n) is 21.8. The first kappa shape index (κ1) is 25.8. The smallest absolute Gasteiger partial charge is 0.411 e. The number of amides is 3. The van der Waals surface area contributed by atoms with Gasteiger partial charge in [0.25, 0.3) is 0 Å². The maximum Gasteiger partial charge on any atom is 0.411 e. The molecule has 1 aromatic carbocycles. The number of rotatable bonds is 6. The minimum Gasteiger partial charge on any atom is -0.444 e. The molecule has 4 aliphatic rings. The van der Waals surface area contributed by atoms with Crippen molar-refractivity contribution in [2.75, 3.05) is 24.5 Å². The molecule has 0 aromatic heterocycles. The molecule has 9 nitrogen and oxygen atoms in total. The number of fused-ring (bicyclic) bond motifs is 3. The Morgan fingerprint density at radius 3 is 2.65 bits per heavy atom. The van der Waals surface area contributed by atoms with E-state index in [9.17, 15) is 14.4 Å². The van der Waals surface area contributed by atoms with Crippen molar-refractivity contribution >= 4 is 23.6 Å². The van der Waals surface area contributed by atoms with E-state index in [1.165, 1.54) is 11.0 Å². The molecule has 3 amide bonds. The third-order valence-electron chi connectivity index (χ3n) is 8.31. The molecule has 4 N–H and O–H groups in total. The summed E-state index contributed by atoms with van der Waals surface area (Å²) < 4.78 is 20.7. The Hall–Kier alpha value is -2.88. The van der Waals surface area contributed by atoms with Crippen LogP contribution in [0.15, 0.2) is 18.2 Å². The van der Waals surface area contributed by atoms with Crippen LogP contribution in [0.1, 0.15) is 52.0 Å². The number of primary amides is 1. The van der Waals surface area contributed by atoms with Gasteiger partial charge in [0.05, 0.1) is 0 Å². The molecule has 0 spiro atoms. The second-order valence-electron chi connectivity index (χ2n) is 12.0. The SMILES string of the molecule is CC(C)(C)OC(=O)N1[C@@H]2CC[C@@H](C2)[C@H]1C(=O)N[C@@H](Cc1ccc(N2CC3CCNC3C2)cc1F)C(N)=O. The van der Waals surface area contributed by atoms with E-state index < -0.39 is 41.4 Å². The summed E-state index contributed by atoms with van der Waals surface area (Å²) in [5.41, 5.74) is 6.05. The van der Waals surface area contributed by atoms with E-state index in [-0.39, 0.29) is 18.4 Å². The van der Waals surface area contributed by atoms with Crippen LogP contribution in [-0.2, 0) is 20.7 Å². The molecule has 2 bridgehead atoms. The quantitative estimate of drug-likeness (QED) is 0.533. The second kappa shape index (κ2) is 9.78. The van der Waals surface area contributed by atoms with Gasteiger partial charge in [-0.3, -0.25) is 14.5 Å². The second-order valence-corrected chi connectivity index (χ2v) is 12.0. The molecule has 10 heteroatoms. The van der Waals surface area contributed by atoms with Gasteiger partial charge in [0.15, 0.2) is 0 Å². The summed E-state index contributed by atoms with van der Waals surface area (Å²) >= 11 is 0. The van der Waals surface area contributed by atoms with Crippen LogP contribution in [0.5, 0.6) is 0 Å². The summed E-state index contributed by atoms with van der Waals surface area (Å²) in [5.74, 6) is -1.05. The Morgan fingerprint density at radius 1 is 1.19 bits per heavy atom. The molecule has 4 fully saturated rings. The standard InChI is InChI=1S/C27H38FN5O4/c1-27(2,3)37-26(36)33-19-7-5-16(10-19)23(33)25(35)31-21(24(29)34)11-15-4-6-18(12-20(15)28)32-13-17-8-9-30-22(17)14-32/h4,6,12,16-17,19,21-23,30H,5,7-11,13-14H2,1-3H3,(H2,29,34)(H,31,35)/t16-,17?,19+,21-,22?,23-/m0/s1. The highest BCUT2D eigenvalue weighted by Crippen LogP contribution is 2.43. The number of likely N-dealkylation sites (tertiary alicyclic amines) is 1. The molecule has 2 unspecified atom stereocenters. The van der Waals surface area contributed by atoms with Gasteiger partial charge >= 0.3 is 6.09 Å². The molecule has 6 atom stereocenters. The fourth-order valence-electron chi connectivity index (χ4n) is 6.56. The van der Waals surface area contributed by atoms with Gasteiger partial charge in [0.1, 0.15) is 23.5 Å². The molecule has 0 radical (unpaired) electrons.